The summed E-state index contributed by atoms with van der Waals surface area (Å²) in [7, 11) is 0. The SMILES string of the molecule is NCCc1cn(CCCO)c2c(Cl)c(Cl)ccc12. The third kappa shape index (κ3) is 2.50. The highest BCUT2D eigenvalue weighted by Gasteiger charge is 2.13. The summed E-state index contributed by atoms with van der Waals surface area (Å²) in [5, 5.41) is 11.1. The van der Waals surface area contributed by atoms with Gasteiger partial charge in [-0.2, -0.15) is 0 Å². The number of nitrogens with two attached hydrogens (primary N) is 1. The number of aryl methyl sites for hydroxylation is 1. The van der Waals surface area contributed by atoms with E-state index in [1.165, 1.54) is 5.56 Å². The predicted molar refractivity (Wildman–Crippen MR) is 76.4 cm³/mol. The normalized spacial score (nSPS) is 11.3. The third-order valence-electron chi connectivity index (χ3n) is 2.98. The first-order chi connectivity index (χ1) is 8.69. The summed E-state index contributed by atoms with van der Waals surface area (Å²) in [6.07, 6.45) is 3.55. The molecular weight excluding hydrogens is 271 g/mol. The van der Waals surface area contributed by atoms with Crippen LogP contribution in [0.2, 0.25) is 10.0 Å². The van der Waals surface area contributed by atoms with Crippen molar-refractivity contribution < 1.29 is 5.11 Å². The lowest BCUT2D eigenvalue weighted by Gasteiger charge is -2.06. The molecule has 3 N–H and O–H groups in total. The van der Waals surface area contributed by atoms with Crippen LogP contribution in [-0.2, 0) is 13.0 Å². The van der Waals surface area contributed by atoms with Gasteiger partial charge in [-0.25, -0.2) is 0 Å². The minimum atomic E-state index is 0.157. The zero-order chi connectivity index (χ0) is 13.1. The zero-order valence-corrected chi connectivity index (χ0v) is 11.5. The molecule has 1 aromatic carbocycles. The molecule has 0 aliphatic rings. The average Bonchev–Trinajstić information content (AvgIpc) is 2.71. The number of rotatable bonds is 5. The van der Waals surface area contributed by atoms with Crippen molar-refractivity contribution in [2.45, 2.75) is 19.4 Å². The second-order valence-corrected chi connectivity index (χ2v) is 5.01. The molecule has 1 heterocycles. The topological polar surface area (TPSA) is 51.2 Å². The summed E-state index contributed by atoms with van der Waals surface area (Å²) in [5.41, 5.74) is 7.72. The number of aliphatic hydroxyl groups is 1. The molecule has 1 aromatic heterocycles. The highest BCUT2D eigenvalue weighted by Crippen LogP contribution is 2.34. The van der Waals surface area contributed by atoms with Crippen molar-refractivity contribution in [1.82, 2.24) is 4.57 Å². The number of halogens is 2. The van der Waals surface area contributed by atoms with Gasteiger partial charge in [0.25, 0.3) is 0 Å². The van der Waals surface area contributed by atoms with Crippen molar-refractivity contribution in [3.05, 3.63) is 33.9 Å². The predicted octanol–water partition coefficient (Wildman–Crippen LogP) is 2.83. The molecule has 0 bridgehead atoms. The van der Waals surface area contributed by atoms with Crippen LogP contribution in [-0.4, -0.2) is 22.8 Å². The second-order valence-electron chi connectivity index (χ2n) is 4.22. The van der Waals surface area contributed by atoms with Crippen LogP contribution in [0.15, 0.2) is 18.3 Å². The lowest BCUT2D eigenvalue weighted by molar-refractivity contribution is 0.280. The molecular formula is C13H16Cl2N2O. The molecule has 3 nitrogen and oxygen atoms in total. The molecule has 0 saturated heterocycles. The first kappa shape index (κ1) is 13.7. The quantitative estimate of drug-likeness (QED) is 0.888. The first-order valence-corrected chi connectivity index (χ1v) is 6.71. The van der Waals surface area contributed by atoms with E-state index in [1.54, 1.807) is 0 Å². The van der Waals surface area contributed by atoms with E-state index in [4.69, 9.17) is 34.0 Å². The van der Waals surface area contributed by atoms with Gasteiger partial charge in [0.15, 0.2) is 0 Å². The number of benzene rings is 1. The Balaban J connectivity index is 2.57. The highest BCUT2D eigenvalue weighted by molar-refractivity contribution is 6.45. The second kappa shape index (κ2) is 5.93. The van der Waals surface area contributed by atoms with Crippen molar-refractivity contribution in [3.8, 4) is 0 Å². The summed E-state index contributed by atoms with van der Waals surface area (Å²) in [6.45, 7) is 1.47. The Morgan fingerprint density at radius 1 is 1.28 bits per heavy atom. The molecule has 0 saturated carbocycles. The van der Waals surface area contributed by atoms with Crippen LogP contribution < -0.4 is 5.73 Å². The summed E-state index contributed by atoms with van der Waals surface area (Å²) in [4.78, 5) is 0. The van der Waals surface area contributed by atoms with Crippen LogP contribution in [0.1, 0.15) is 12.0 Å². The molecule has 98 valence electrons. The molecule has 0 radical (unpaired) electrons. The maximum absolute atomic E-state index is 8.94. The minimum absolute atomic E-state index is 0.157. The Labute approximate surface area is 116 Å². The van der Waals surface area contributed by atoms with Gasteiger partial charge in [-0.15, -0.1) is 0 Å². The molecule has 0 unspecified atom stereocenters. The Kier molecular flexibility index (Phi) is 4.51. The van der Waals surface area contributed by atoms with Gasteiger partial charge in [0.2, 0.25) is 0 Å². The molecule has 0 fully saturated rings. The van der Waals surface area contributed by atoms with Gasteiger partial charge in [0, 0.05) is 24.7 Å². The number of aromatic nitrogens is 1. The Morgan fingerprint density at radius 3 is 2.72 bits per heavy atom. The summed E-state index contributed by atoms with van der Waals surface area (Å²) in [5.74, 6) is 0. The van der Waals surface area contributed by atoms with Crippen LogP contribution in [0.3, 0.4) is 0 Å². The summed E-state index contributed by atoms with van der Waals surface area (Å²) < 4.78 is 2.05. The fourth-order valence-corrected chi connectivity index (χ4v) is 2.60. The molecule has 2 aromatic rings. The van der Waals surface area contributed by atoms with Gasteiger partial charge < -0.3 is 15.4 Å². The van der Waals surface area contributed by atoms with Crippen molar-refractivity contribution in [3.63, 3.8) is 0 Å². The van der Waals surface area contributed by atoms with E-state index in [0.29, 0.717) is 23.0 Å². The third-order valence-corrected chi connectivity index (χ3v) is 3.78. The van der Waals surface area contributed by atoms with Crippen molar-refractivity contribution in [2.75, 3.05) is 13.2 Å². The maximum Gasteiger partial charge on any atom is 0.0835 e. The Morgan fingerprint density at radius 2 is 2.06 bits per heavy atom. The van der Waals surface area contributed by atoms with E-state index in [1.807, 2.05) is 16.7 Å². The number of hydrogen-bond acceptors (Lipinski definition) is 2. The zero-order valence-electron chi connectivity index (χ0n) is 10.00. The van der Waals surface area contributed by atoms with Gasteiger partial charge in [-0.3, -0.25) is 0 Å². The van der Waals surface area contributed by atoms with E-state index in [0.717, 1.165) is 23.9 Å². The summed E-state index contributed by atoms with van der Waals surface area (Å²) >= 11 is 12.3. The molecule has 0 atom stereocenters. The fraction of sp³-hybridized carbons (Fsp3) is 0.385. The van der Waals surface area contributed by atoms with Crippen molar-refractivity contribution in [2.24, 2.45) is 5.73 Å². The molecule has 0 aliphatic heterocycles. The standard InChI is InChI=1S/C13H16Cl2N2O/c14-11-3-2-10-9(4-5-16)8-17(6-1-7-18)13(10)12(11)15/h2-3,8,18H,1,4-7,16H2. The Bertz CT molecular complexity index is 551. The molecule has 5 heteroatoms. The number of fused-ring (bicyclic) bond motifs is 1. The van der Waals surface area contributed by atoms with Gasteiger partial charge in [-0.1, -0.05) is 29.3 Å². The Hall–Kier alpha value is -0.740. The molecule has 0 aliphatic carbocycles. The van der Waals surface area contributed by atoms with Gasteiger partial charge in [-0.05, 0) is 31.0 Å². The van der Waals surface area contributed by atoms with Crippen LogP contribution >= 0.6 is 23.2 Å². The van der Waals surface area contributed by atoms with Gasteiger partial charge in [0.1, 0.15) is 0 Å². The highest BCUT2D eigenvalue weighted by atomic mass is 35.5. The van der Waals surface area contributed by atoms with E-state index in [-0.39, 0.29) is 6.61 Å². The van der Waals surface area contributed by atoms with Crippen LogP contribution in [0.25, 0.3) is 10.9 Å². The van der Waals surface area contributed by atoms with Crippen molar-refractivity contribution >= 4 is 34.1 Å². The van der Waals surface area contributed by atoms with E-state index in [9.17, 15) is 0 Å². The lowest BCUT2D eigenvalue weighted by atomic mass is 10.1. The first-order valence-electron chi connectivity index (χ1n) is 5.95. The van der Waals surface area contributed by atoms with Crippen LogP contribution in [0.5, 0.6) is 0 Å². The number of hydrogen-bond donors (Lipinski definition) is 2. The average molecular weight is 287 g/mol. The number of nitrogens with zero attached hydrogens (tertiary/aromatic N) is 1. The van der Waals surface area contributed by atoms with E-state index in [2.05, 4.69) is 6.20 Å². The molecule has 0 spiro atoms. The van der Waals surface area contributed by atoms with Crippen molar-refractivity contribution in [1.29, 1.82) is 0 Å². The van der Waals surface area contributed by atoms with Crippen LogP contribution in [0, 0.1) is 0 Å². The van der Waals surface area contributed by atoms with Gasteiger partial charge in [0.05, 0.1) is 15.6 Å². The molecule has 2 rings (SSSR count). The number of aliphatic hydroxyl groups excluding tert-OH is 1. The largest absolute Gasteiger partial charge is 0.396 e. The minimum Gasteiger partial charge on any atom is -0.396 e. The molecule has 18 heavy (non-hydrogen) atoms. The van der Waals surface area contributed by atoms with E-state index >= 15 is 0 Å². The maximum atomic E-state index is 8.94. The smallest absolute Gasteiger partial charge is 0.0835 e. The lowest BCUT2D eigenvalue weighted by Crippen LogP contribution is -2.02. The monoisotopic (exact) mass is 286 g/mol. The molecule has 0 amide bonds. The fourth-order valence-electron chi connectivity index (χ4n) is 2.17. The van der Waals surface area contributed by atoms with Crippen LogP contribution in [0.4, 0.5) is 0 Å². The summed E-state index contributed by atoms with van der Waals surface area (Å²) in [6, 6.07) is 3.78. The van der Waals surface area contributed by atoms with E-state index < -0.39 is 0 Å². The van der Waals surface area contributed by atoms with Gasteiger partial charge >= 0.3 is 0 Å².